The largest absolute Gasteiger partial charge is 0.360 e. The van der Waals surface area contributed by atoms with Crippen molar-refractivity contribution in [1.29, 1.82) is 0 Å². The van der Waals surface area contributed by atoms with Gasteiger partial charge in [0.05, 0.1) is 0 Å². The molecule has 0 aromatic heterocycles. The molecule has 0 aliphatic carbocycles. The van der Waals surface area contributed by atoms with E-state index in [1.165, 1.54) is 37.5 Å². The van der Waals surface area contributed by atoms with Crippen LogP contribution in [0.1, 0.15) is 0 Å². The third kappa shape index (κ3) is 10.00. The molecule has 0 radical (unpaired) electrons. The van der Waals surface area contributed by atoms with Gasteiger partial charge in [-0.1, -0.05) is 0 Å². The molecule has 0 aromatic rings. The van der Waals surface area contributed by atoms with Crippen LogP contribution in [0.3, 0.4) is 0 Å². The Labute approximate surface area is 219 Å². The van der Waals surface area contributed by atoms with Crippen molar-refractivity contribution in [3.8, 4) is 0 Å². The molecule has 0 saturated carbocycles. The maximum absolute atomic E-state index is 13.9. The summed E-state index contributed by atoms with van der Waals surface area (Å²) in [5.74, 6) is -15.2. The van der Waals surface area contributed by atoms with Crippen molar-refractivity contribution in [3.05, 3.63) is 0 Å². The Bertz CT molecular complexity index is 760. The van der Waals surface area contributed by atoms with E-state index in [0.717, 1.165) is 7.05 Å². The molecule has 0 heterocycles. The van der Waals surface area contributed by atoms with Crippen LogP contribution in [-0.2, 0) is 14.2 Å². The van der Waals surface area contributed by atoms with Gasteiger partial charge in [-0.15, -0.1) is 0 Å². The molecule has 0 spiro atoms. The fraction of sp³-hybridized carbons (Fsp3) is 1.00. The fourth-order valence-electron chi connectivity index (χ4n) is 2.86. The first kappa shape index (κ1) is 38.4. The van der Waals surface area contributed by atoms with Gasteiger partial charge in [0.2, 0.25) is 0 Å². The summed E-state index contributed by atoms with van der Waals surface area (Å²) in [6.07, 6.45) is -17.2. The van der Waals surface area contributed by atoms with Gasteiger partial charge in [-0.25, -0.2) is 26.3 Å². The minimum atomic E-state index is -5.08. The van der Waals surface area contributed by atoms with Crippen LogP contribution in [-0.4, -0.2) is 120 Å². The minimum absolute atomic E-state index is 0.461. The summed E-state index contributed by atoms with van der Waals surface area (Å²) in [6, 6.07) is 0. The normalized spacial score (nSPS) is 15.1. The zero-order valence-corrected chi connectivity index (χ0v) is 24.2. The lowest BCUT2D eigenvalue weighted by Crippen LogP contribution is -2.59. The lowest BCUT2D eigenvalue weighted by atomic mass is 10.4. The topological polar surface area (TPSA) is 49.8 Å². The summed E-state index contributed by atoms with van der Waals surface area (Å²) in [5, 5.41) is 0. The highest BCUT2D eigenvalue weighted by molar-refractivity contribution is 7.60. The Balaban J connectivity index is 7.42. The summed E-state index contributed by atoms with van der Waals surface area (Å²) >= 11 is 0. The zero-order chi connectivity index (χ0) is 31.4. The van der Waals surface area contributed by atoms with E-state index in [2.05, 4.69) is 18.6 Å². The Hall–Kier alpha value is -0.633. The first-order chi connectivity index (χ1) is 17.2. The molecule has 0 aliphatic heterocycles. The SMILES string of the molecule is CN(C)P(=N[Si](C)(C)C)(N(C)C)N(C)C(OCC(F)(F)C(F)F)(OCC(F)(F)C(F)F)OCC(F)(F)C(F)F. The van der Waals surface area contributed by atoms with Gasteiger partial charge in [0.15, 0.2) is 15.7 Å². The van der Waals surface area contributed by atoms with Crippen molar-refractivity contribution in [2.24, 2.45) is 4.41 Å². The van der Waals surface area contributed by atoms with Crippen molar-refractivity contribution in [3.63, 3.8) is 0 Å². The number of hydrogen-bond acceptors (Lipinski definition) is 4. The van der Waals surface area contributed by atoms with Crippen molar-refractivity contribution < 1.29 is 66.9 Å². The van der Waals surface area contributed by atoms with Gasteiger partial charge >= 0.3 is 43.1 Å². The predicted molar refractivity (Wildman–Crippen MR) is 121 cm³/mol. The van der Waals surface area contributed by atoms with Crippen molar-refractivity contribution >= 4 is 15.7 Å². The highest BCUT2D eigenvalue weighted by Crippen LogP contribution is 2.60. The van der Waals surface area contributed by atoms with Gasteiger partial charge in [0, 0.05) is 7.05 Å². The lowest BCUT2D eigenvalue weighted by Gasteiger charge is -2.51. The number of rotatable bonds is 17. The fourth-order valence-corrected chi connectivity index (χ4v) is 10.3. The summed E-state index contributed by atoms with van der Waals surface area (Å²) in [6.45, 7) is -2.47. The molecular formula is C18H33F12N4O3PSi. The van der Waals surface area contributed by atoms with E-state index in [0.29, 0.717) is 4.67 Å². The molecule has 0 aliphatic rings. The van der Waals surface area contributed by atoms with Gasteiger partial charge in [0.25, 0.3) is 0 Å². The third-order valence-corrected chi connectivity index (χ3v) is 11.3. The van der Waals surface area contributed by atoms with Gasteiger partial charge in [0.1, 0.15) is 19.8 Å². The van der Waals surface area contributed by atoms with E-state index in [9.17, 15) is 52.7 Å². The Kier molecular flexibility index (Phi) is 13.3. The van der Waals surface area contributed by atoms with E-state index in [1.807, 2.05) is 0 Å². The van der Waals surface area contributed by atoms with Crippen LogP contribution < -0.4 is 0 Å². The second kappa shape index (κ2) is 13.6. The van der Waals surface area contributed by atoms with Gasteiger partial charge in [-0.2, -0.15) is 31.0 Å². The summed E-state index contributed by atoms with van der Waals surface area (Å²) in [5.41, 5.74) is 0. The molecule has 21 heteroatoms. The molecule has 0 fully saturated rings. The van der Waals surface area contributed by atoms with Gasteiger partial charge < -0.3 is 14.2 Å². The van der Waals surface area contributed by atoms with E-state index < -0.39 is 78.7 Å². The van der Waals surface area contributed by atoms with Crippen LogP contribution in [0.25, 0.3) is 0 Å². The number of alkyl halides is 12. The molecule has 7 nitrogen and oxygen atoms in total. The maximum atomic E-state index is 13.9. The maximum Gasteiger partial charge on any atom is 0.360 e. The lowest BCUT2D eigenvalue weighted by molar-refractivity contribution is -0.454. The standard InChI is InChI=1S/C18H33F12N4O3PSi/c1-32(2)38(33(3)4,31-39(6,7)8)34(5)18(35-9-15(25,26)12(19)20,36-10-16(27,28)13(21)22)37-11-17(29,30)14(23)24/h12-14H,9-11H2,1-8H3. The van der Waals surface area contributed by atoms with E-state index in [4.69, 9.17) is 0 Å². The molecule has 0 bridgehead atoms. The smallest absolute Gasteiger partial charge is 0.307 e. The van der Waals surface area contributed by atoms with Gasteiger partial charge in [-0.3, -0.25) is 13.8 Å². The predicted octanol–water partition coefficient (Wildman–Crippen LogP) is 6.18. The monoisotopic (exact) mass is 640 g/mol. The molecule has 0 amide bonds. The number of nitrogens with zero attached hydrogens (tertiary/aromatic N) is 4. The zero-order valence-electron chi connectivity index (χ0n) is 22.3. The Morgan fingerprint density at radius 1 is 0.615 bits per heavy atom. The van der Waals surface area contributed by atoms with E-state index >= 15 is 0 Å². The highest BCUT2D eigenvalue weighted by Gasteiger charge is 2.57. The summed E-state index contributed by atoms with van der Waals surface area (Å²) < 4.78 is 182. The summed E-state index contributed by atoms with van der Waals surface area (Å²) in [7, 11) is -0.446. The Morgan fingerprint density at radius 2 is 0.872 bits per heavy atom. The molecule has 0 atom stereocenters. The minimum Gasteiger partial charge on any atom is -0.307 e. The van der Waals surface area contributed by atoms with Crippen LogP contribution in [0.2, 0.25) is 19.6 Å². The molecule has 0 rings (SSSR count). The van der Waals surface area contributed by atoms with Crippen molar-refractivity contribution in [2.75, 3.05) is 55.1 Å². The van der Waals surface area contributed by atoms with Crippen molar-refractivity contribution in [1.82, 2.24) is 14.0 Å². The average molecular weight is 641 g/mol. The molecular weight excluding hydrogens is 607 g/mol. The first-order valence-electron chi connectivity index (χ1n) is 10.8. The number of ether oxygens (including phenoxy) is 3. The highest BCUT2D eigenvalue weighted by atomic mass is 31.2. The molecule has 0 N–H and O–H groups in total. The van der Waals surface area contributed by atoms with Crippen LogP contribution in [0.5, 0.6) is 0 Å². The van der Waals surface area contributed by atoms with Crippen LogP contribution in [0.4, 0.5) is 52.7 Å². The van der Waals surface area contributed by atoms with Crippen LogP contribution in [0.15, 0.2) is 4.41 Å². The molecule has 0 aromatic carbocycles. The number of hydrogen-bond donors (Lipinski definition) is 0. The molecule has 0 unspecified atom stereocenters. The molecule has 236 valence electrons. The van der Waals surface area contributed by atoms with E-state index in [-0.39, 0.29) is 0 Å². The Morgan fingerprint density at radius 3 is 1.05 bits per heavy atom. The van der Waals surface area contributed by atoms with Crippen molar-refractivity contribution in [2.45, 2.75) is 62.8 Å². The molecule has 0 saturated heterocycles. The average Bonchev–Trinajstić information content (AvgIpc) is 2.75. The summed E-state index contributed by atoms with van der Waals surface area (Å²) in [4.78, 5) is 0. The second-order valence-electron chi connectivity index (χ2n) is 9.60. The van der Waals surface area contributed by atoms with Crippen LogP contribution in [0, 0.1) is 0 Å². The third-order valence-electron chi connectivity index (χ3n) is 4.61. The molecule has 39 heavy (non-hydrogen) atoms. The first-order valence-corrected chi connectivity index (χ1v) is 15.9. The quantitative estimate of drug-likeness (QED) is 0.0819. The van der Waals surface area contributed by atoms with Crippen LogP contribution >= 0.6 is 7.51 Å². The van der Waals surface area contributed by atoms with Gasteiger partial charge in [-0.05, 0) is 47.8 Å². The second-order valence-corrected chi connectivity index (χ2v) is 18.0. The number of halogens is 12. The van der Waals surface area contributed by atoms with E-state index in [1.54, 1.807) is 19.6 Å².